The number of para-hydroxylation sites is 5. The van der Waals surface area contributed by atoms with Crippen LogP contribution >= 0.6 is 0 Å². The molecule has 0 spiro atoms. The summed E-state index contributed by atoms with van der Waals surface area (Å²) in [5.74, 6) is 1.76. The van der Waals surface area contributed by atoms with E-state index in [1.54, 1.807) is 0 Å². The fraction of sp³-hybridized carbons (Fsp3) is 0.0909. The molecule has 1 aromatic heterocycles. The van der Waals surface area contributed by atoms with E-state index in [0.29, 0.717) is 0 Å². The average molecular weight is 467 g/mol. The van der Waals surface area contributed by atoms with Crippen molar-refractivity contribution in [3.8, 4) is 17.2 Å². The summed E-state index contributed by atoms with van der Waals surface area (Å²) in [6.45, 7) is 4.54. The van der Waals surface area contributed by atoms with Crippen LogP contribution in [0.3, 0.4) is 0 Å². The number of benzene rings is 5. The van der Waals surface area contributed by atoms with Crippen LogP contribution in [0.25, 0.3) is 27.5 Å². The SMILES string of the molecule is CC1(C)c2ccccc2Oc2ccccc2N1c1cccc(-n2c3ccccc3c3ccccc32)c1. The number of nitrogens with zero attached hydrogens (tertiary/aromatic N) is 2. The predicted molar refractivity (Wildman–Crippen MR) is 149 cm³/mol. The van der Waals surface area contributed by atoms with Crippen molar-refractivity contribution >= 4 is 33.2 Å². The third kappa shape index (κ3) is 2.99. The zero-order valence-corrected chi connectivity index (χ0v) is 20.3. The summed E-state index contributed by atoms with van der Waals surface area (Å²) >= 11 is 0. The highest BCUT2D eigenvalue weighted by Crippen LogP contribution is 2.50. The standard InChI is InChI=1S/C33H26N2O/c1-33(2)27-16-5-9-20-31(27)36-32-21-10-8-19-30(32)35(33)24-13-11-12-23(22-24)34-28-17-6-3-14-25(28)26-15-4-7-18-29(26)34/h3-22H,1-2H3. The minimum Gasteiger partial charge on any atom is -0.455 e. The lowest BCUT2D eigenvalue weighted by Crippen LogP contribution is -2.37. The van der Waals surface area contributed by atoms with Gasteiger partial charge in [0.05, 0.1) is 22.3 Å². The highest BCUT2D eigenvalue weighted by Gasteiger charge is 2.37. The molecule has 3 heteroatoms. The molecule has 7 rings (SSSR count). The van der Waals surface area contributed by atoms with Gasteiger partial charge in [0.25, 0.3) is 0 Å². The quantitative estimate of drug-likeness (QED) is 0.253. The van der Waals surface area contributed by atoms with Crippen LogP contribution in [-0.2, 0) is 5.54 Å². The number of hydrogen-bond acceptors (Lipinski definition) is 2. The molecule has 6 aromatic rings. The maximum absolute atomic E-state index is 6.46. The van der Waals surface area contributed by atoms with Crippen molar-refractivity contribution in [1.29, 1.82) is 0 Å². The summed E-state index contributed by atoms with van der Waals surface area (Å²) < 4.78 is 8.83. The minimum atomic E-state index is -0.345. The second-order valence-corrected chi connectivity index (χ2v) is 9.85. The van der Waals surface area contributed by atoms with Crippen LogP contribution < -0.4 is 9.64 Å². The van der Waals surface area contributed by atoms with Gasteiger partial charge in [0, 0.05) is 27.7 Å². The smallest absolute Gasteiger partial charge is 0.151 e. The molecule has 1 aliphatic rings. The molecule has 0 amide bonds. The average Bonchev–Trinajstić information content (AvgIpc) is 3.20. The maximum atomic E-state index is 6.46. The number of aromatic nitrogens is 1. The van der Waals surface area contributed by atoms with Crippen molar-refractivity contribution in [1.82, 2.24) is 4.57 Å². The van der Waals surface area contributed by atoms with Crippen molar-refractivity contribution in [2.75, 3.05) is 4.90 Å². The van der Waals surface area contributed by atoms with Gasteiger partial charge in [-0.25, -0.2) is 0 Å². The van der Waals surface area contributed by atoms with Gasteiger partial charge in [-0.1, -0.05) is 72.8 Å². The molecule has 174 valence electrons. The highest BCUT2D eigenvalue weighted by atomic mass is 16.5. The zero-order chi connectivity index (χ0) is 24.3. The van der Waals surface area contributed by atoms with Crippen LogP contribution in [0.4, 0.5) is 11.4 Å². The third-order valence-corrected chi connectivity index (χ3v) is 7.36. The van der Waals surface area contributed by atoms with Gasteiger partial charge in [-0.3, -0.25) is 0 Å². The van der Waals surface area contributed by atoms with E-state index in [-0.39, 0.29) is 5.54 Å². The summed E-state index contributed by atoms with van der Waals surface area (Å²) in [6.07, 6.45) is 0. The normalized spacial score (nSPS) is 14.2. The molecule has 0 atom stereocenters. The monoisotopic (exact) mass is 466 g/mol. The fourth-order valence-electron chi connectivity index (χ4n) is 5.76. The van der Waals surface area contributed by atoms with Gasteiger partial charge in [-0.15, -0.1) is 0 Å². The van der Waals surface area contributed by atoms with Gasteiger partial charge in [-0.2, -0.15) is 0 Å². The first-order valence-electron chi connectivity index (χ1n) is 12.4. The van der Waals surface area contributed by atoms with Crippen LogP contribution in [0.15, 0.2) is 121 Å². The van der Waals surface area contributed by atoms with Crippen LogP contribution in [0.5, 0.6) is 11.5 Å². The lowest BCUT2D eigenvalue weighted by Gasteiger charge is -2.40. The van der Waals surface area contributed by atoms with Crippen LogP contribution in [0.1, 0.15) is 19.4 Å². The van der Waals surface area contributed by atoms with Crippen molar-refractivity contribution in [3.05, 3.63) is 127 Å². The highest BCUT2D eigenvalue weighted by molar-refractivity contribution is 6.09. The summed E-state index contributed by atoms with van der Waals surface area (Å²) in [5, 5.41) is 2.53. The first kappa shape index (κ1) is 20.8. The Morgan fingerprint density at radius 3 is 1.89 bits per heavy atom. The van der Waals surface area contributed by atoms with E-state index in [0.717, 1.165) is 34.1 Å². The Labute approximate surface area is 210 Å². The van der Waals surface area contributed by atoms with Crippen molar-refractivity contribution < 1.29 is 4.74 Å². The summed E-state index contributed by atoms with van der Waals surface area (Å²) in [7, 11) is 0. The number of rotatable bonds is 2. The number of fused-ring (bicyclic) bond motifs is 5. The molecule has 0 unspecified atom stereocenters. The van der Waals surface area contributed by atoms with Crippen molar-refractivity contribution in [2.45, 2.75) is 19.4 Å². The second kappa shape index (κ2) is 7.76. The minimum absolute atomic E-state index is 0.345. The van der Waals surface area contributed by atoms with Gasteiger partial charge in [0.15, 0.2) is 5.75 Å². The van der Waals surface area contributed by atoms with E-state index < -0.39 is 0 Å². The largest absolute Gasteiger partial charge is 0.455 e. The molecule has 0 radical (unpaired) electrons. The Morgan fingerprint density at radius 1 is 0.556 bits per heavy atom. The molecule has 2 heterocycles. The van der Waals surface area contributed by atoms with Crippen LogP contribution in [0.2, 0.25) is 0 Å². The second-order valence-electron chi connectivity index (χ2n) is 9.85. The molecule has 5 aromatic carbocycles. The molecule has 3 nitrogen and oxygen atoms in total. The van der Waals surface area contributed by atoms with E-state index in [1.807, 2.05) is 12.1 Å². The fourth-order valence-corrected chi connectivity index (χ4v) is 5.76. The molecule has 0 bridgehead atoms. The van der Waals surface area contributed by atoms with E-state index in [2.05, 4.69) is 133 Å². The van der Waals surface area contributed by atoms with E-state index in [4.69, 9.17) is 4.74 Å². The number of ether oxygens (including phenoxy) is 1. The summed E-state index contributed by atoms with van der Waals surface area (Å²) in [4.78, 5) is 2.41. The van der Waals surface area contributed by atoms with Crippen molar-refractivity contribution in [3.63, 3.8) is 0 Å². The number of anilines is 2. The first-order chi connectivity index (χ1) is 17.6. The Bertz CT molecular complexity index is 1710. The number of hydrogen-bond donors (Lipinski definition) is 0. The Morgan fingerprint density at radius 2 is 1.14 bits per heavy atom. The Hall–Kier alpha value is -4.50. The molecular formula is C33H26N2O. The molecule has 0 N–H and O–H groups in total. The summed E-state index contributed by atoms with van der Waals surface area (Å²) in [6, 6.07) is 42.8. The van der Waals surface area contributed by atoms with Crippen LogP contribution in [0, 0.1) is 0 Å². The van der Waals surface area contributed by atoms with Crippen LogP contribution in [-0.4, -0.2) is 4.57 Å². The lowest BCUT2D eigenvalue weighted by atomic mass is 9.90. The van der Waals surface area contributed by atoms with E-state index >= 15 is 0 Å². The molecule has 1 aliphatic heterocycles. The molecular weight excluding hydrogens is 440 g/mol. The molecule has 36 heavy (non-hydrogen) atoms. The molecule has 0 aliphatic carbocycles. The maximum Gasteiger partial charge on any atom is 0.151 e. The molecule has 0 saturated heterocycles. The Balaban J connectivity index is 1.49. The lowest BCUT2D eigenvalue weighted by molar-refractivity contribution is 0.471. The van der Waals surface area contributed by atoms with Crippen molar-refractivity contribution in [2.24, 2.45) is 0 Å². The Kier molecular flexibility index (Phi) is 4.49. The van der Waals surface area contributed by atoms with Gasteiger partial charge >= 0.3 is 0 Å². The van der Waals surface area contributed by atoms with Gasteiger partial charge in [0.2, 0.25) is 0 Å². The van der Waals surface area contributed by atoms with Gasteiger partial charge < -0.3 is 14.2 Å². The van der Waals surface area contributed by atoms with E-state index in [1.165, 1.54) is 21.8 Å². The predicted octanol–water partition coefficient (Wildman–Crippen LogP) is 8.96. The topological polar surface area (TPSA) is 17.4 Å². The molecule has 0 saturated carbocycles. The summed E-state index contributed by atoms with van der Waals surface area (Å²) in [5.41, 5.74) is 6.54. The first-order valence-corrected chi connectivity index (χ1v) is 12.4. The third-order valence-electron chi connectivity index (χ3n) is 7.36. The van der Waals surface area contributed by atoms with E-state index in [9.17, 15) is 0 Å². The zero-order valence-electron chi connectivity index (χ0n) is 20.3. The van der Waals surface area contributed by atoms with Gasteiger partial charge in [0.1, 0.15) is 5.75 Å². The molecule has 0 fully saturated rings. The van der Waals surface area contributed by atoms with Gasteiger partial charge in [-0.05, 0) is 62.4 Å².